The quantitative estimate of drug-likeness (QED) is 0.0272. The van der Waals surface area contributed by atoms with Gasteiger partial charge in [0, 0.05) is 6.42 Å². The second kappa shape index (κ2) is 58.1. The molecule has 8 nitrogen and oxygen atoms in total. The van der Waals surface area contributed by atoms with Crippen LogP contribution in [0.3, 0.4) is 0 Å². The lowest BCUT2D eigenvalue weighted by molar-refractivity contribution is -0.870. The van der Waals surface area contributed by atoms with Crippen LogP contribution in [-0.4, -0.2) is 68.5 Å². The number of hydrogen-bond donors (Lipinski definition) is 2. The molecule has 0 heterocycles. The topological polar surface area (TPSA) is 108 Å². The number of unbranched alkanes of at least 4 members (excludes halogenated alkanes) is 31. The Kier molecular flexibility index (Phi) is 56.1. The molecule has 2 N–H and O–H groups in total. The standard InChI is InChI=1S/C68H123N2O6P/c1-6-8-10-12-14-16-18-20-22-24-25-26-27-28-29-30-31-32-33-34-35-36-37-38-39-40-41-42-43-44-45-46-48-50-52-54-56-58-60-62-68(72)69-66(65-76-77(73,74)75-64-63-70(3,4)5)67(71)61-59-57-55-53-51-49-47-23-21-19-17-15-13-11-9-7-2/h8,10,14,16,20,22,25-26,28-29,31-32,51,53,59,61,66-67,71H,6-7,9,11-13,15,17-19,21,23-24,27,30,33-50,52,54-58,60,62-65H2,1-5H3,(H-,69,72,73,74)/b10-8-,16-14-,22-20-,26-25-,29-28-,32-31-,53-51+,61-59+. The summed E-state index contributed by atoms with van der Waals surface area (Å²) < 4.78 is 23.3. The van der Waals surface area contributed by atoms with Crippen LogP contribution in [0.5, 0.6) is 0 Å². The van der Waals surface area contributed by atoms with E-state index in [1.54, 1.807) is 6.08 Å². The summed E-state index contributed by atoms with van der Waals surface area (Å²) in [6.07, 6.45) is 83.7. The minimum absolute atomic E-state index is 0.00787. The Labute approximate surface area is 477 Å². The summed E-state index contributed by atoms with van der Waals surface area (Å²) in [5.41, 5.74) is 0. The van der Waals surface area contributed by atoms with E-state index in [2.05, 4.69) is 104 Å². The molecule has 0 rings (SSSR count). The van der Waals surface area contributed by atoms with Crippen molar-refractivity contribution in [2.24, 2.45) is 0 Å². The molecule has 0 fully saturated rings. The second-order valence-electron chi connectivity index (χ2n) is 22.7. The molecule has 0 aliphatic rings. The third-order valence-corrected chi connectivity index (χ3v) is 15.0. The van der Waals surface area contributed by atoms with Gasteiger partial charge in [-0.1, -0.05) is 284 Å². The molecule has 446 valence electrons. The van der Waals surface area contributed by atoms with Crippen molar-refractivity contribution >= 4 is 13.7 Å². The SMILES string of the molecule is CC/C=C\C/C=C\C/C=C\C/C=C\C/C=C\C/C=C\CCCCCCCCCCCCCCCCCCCCCCC(=O)NC(COP(=O)([O-])OCC[N+](C)(C)C)C(O)/C=C/CC/C=C/CCCCCCCCCCCC. The number of nitrogens with one attached hydrogen (secondary N) is 1. The van der Waals surface area contributed by atoms with Crippen molar-refractivity contribution in [2.45, 2.75) is 289 Å². The van der Waals surface area contributed by atoms with Gasteiger partial charge in [-0.2, -0.15) is 0 Å². The van der Waals surface area contributed by atoms with E-state index in [-0.39, 0.29) is 12.5 Å². The number of rotatable bonds is 58. The molecular weight excluding hydrogens is 972 g/mol. The molecule has 0 spiro atoms. The first kappa shape index (κ1) is 74.4. The van der Waals surface area contributed by atoms with Crippen molar-refractivity contribution in [1.82, 2.24) is 5.32 Å². The highest BCUT2D eigenvalue weighted by molar-refractivity contribution is 7.45. The van der Waals surface area contributed by atoms with Gasteiger partial charge in [-0.15, -0.1) is 0 Å². The van der Waals surface area contributed by atoms with E-state index in [1.165, 1.54) is 180 Å². The molecule has 0 bridgehead atoms. The van der Waals surface area contributed by atoms with Gasteiger partial charge in [-0.05, 0) is 83.5 Å². The first-order chi connectivity index (χ1) is 37.5. The third kappa shape index (κ3) is 60.9. The maximum absolute atomic E-state index is 13.0. The summed E-state index contributed by atoms with van der Waals surface area (Å²) in [7, 11) is 1.24. The van der Waals surface area contributed by atoms with Crippen LogP contribution in [0.4, 0.5) is 0 Å². The number of hydrogen-bond acceptors (Lipinski definition) is 6. The summed E-state index contributed by atoms with van der Waals surface area (Å²) in [5.74, 6) is -0.206. The fourth-order valence-electron chi connectivity index (χ4n) is 9.06. The number of aliphatic hydroxyl groups is 1. The Bertz CT molecular complexity index is 1570. The zero-order valence-corrected chi connectivity index (χ0v) is 51.8. The van der Waals surface area contributed by atoms with Crippen LogP contribution in [-0.2, 0) is 18.4 Å². The van der Waals surface area contributed by atoms with Crippen molar-refractivity contribution in [2.75, 3.05) is 40.9 Å². The number of allylic oxidation sites excluding steroid dienone is 15. The number of carbonyl (C=O) groups excluding carboxylic acids is 1. The number of phosphoric ester groups is 1. The lowest BCUT2D eigenvalue weighted by atomic mass is 10.0. The van der Waals surface area contributed by atoms with E-state index >= 15 is 0 Å². The molecule has 1 amide bonds. The van der Waals surface area contributed by atoms with Crippen molar-refractivity contribution in [3.8, 4) is 0 Å². The van der Waals surface area contributed by atoms with Crippen LogP contribution >= 0.6 is 7.82 Å². The van der Waals surface area contributed by atoms with E-state index in [4.69, 9.17) is 9.05 Å². The summed E-state index contributed by atoms with van der Waals surface area (Å²) in [5, 5.41) is 13.9. The number of quaternary nitrogens is 1. The summed E-state index contributed by atoms with van der Waals surface area (Å²) >= 11 is 0. The average molecular weight is 1100 g/mol. The van der Waals surface area contributed by atoms with Gasteiger partial charge >= 0.3 is 0 Å². The molecule has 0 aliphatic carbocycles. The number of nitrogens with zero attached hydrogens (tertiary/aromatic N) is 1. The molecule has 0 saturated heterocycles. The number of phosphoric acid groups is 1. The van der Waals surface area contributed by atoms with Gasteiger partial charge in [0.05, 0.1) is 39.9 Å². The Balaban J connectivity index is 4.00. The zero-order chi connectivity index (χ0) is 56.3. The number of carbonyl (C=O) groups is 1. The average Bonchev–Trinajstić information content (AvgIpc) is 3.39. The van der Waals surface area contributed by atoms with Crippen molar-refractivity contribution in [3.05, 3.63) is 97.2 Å². The largest absolute Gasteiger partial charge is 0.756 e. The lowest BCUT2D eigenvalue weighted by Crippen LogP contribution is -2.45. The third-order valence-electron chi connectivity index (χ3n) is 14.0. The van der Waals surface area contributed by atoms with Crippen molar-refractivity contribution < 1.29 is 32.9 Å². The van der Waals surface area contributed by atoms with Crippen LogP contribution in [0.15, 0.2) is 97.2 Å². The Hall–Kier alpha value is -2.58. The zero-order valence-electron chi connectivity index (χ0n) is 50.9. The van der Waals surface area contributed by atoms with Gasteiger partial charge < -0.3 is 28.8 Å². The predicted octanol–water partition coefficient (Wildman–Crippen LogP) is 19.5. The maximum atomic E-state index is 13.0. The van der Waals surface area contributed by atoms with Gasteiger partial charge in [0.25, 0.3) is 7.82 Å². The minimum atomic E-state index is -4.61. The highest BCUT2D eigenvalue weighted by Gasteiger charge is 2.23. The molecule has 0 aromatic heterocycles. The summed E-state index contributed by atoms with van der Waals surface area (Å²) in [6.45, 7) is 4.52. The first-order valence-corrected chi connectivity index (χ1v) is 33.6. The van der Waals surface area contributed by atoms with Crippen LogP contribution in [0.25, 0.3) is 0 Å². The van der Waals surface area contributed by atoms with E-state index in [0.29, 0.717) is 17.4 Å². The molecule has 0 aromatic rings. The summed E-state index contributed by atoms with van der Waals surface area (Å²) in [6, 6.07) is -0.906. The Morgan fingerprint density at radius 2 is 0.805 bits per heavy atom. The molecule has 0 saturated carbocycles. The Morgan fingerprint density at radius 3 is 1.21 bits per heavy atom. The van der Waals surface area contributed by atoms with Gasteiger partial charge in [0.15, 0.2) is 0 Å². The van der Waals surface area contributed by atoms with Crippen LogP contribution in [0.2, 0.25) is 0 Å². The van der Waals surface area contributed by atoms with Gasteiger partial charge in [-0.3, -0.25) is 9.36 Å². The van der Waals surface area contributed by atoms with Crippen molar-refractivity contribution in [1.29, 1.82) is 0 Å². The highest BCUT2D eigenvalue weighted by Crippen LogP contribution is 2.38. The van der Waals surface area contributed by atoms with E-state index in [0.717, 1.165) is 77.0 Å². The normalized spacial score (nSPS) is 14.4. The van der Waals surface area contributed by atoms with E-state index in [9.17, 15) is 19.4 Å². The Morgan fingerprint density at radius 1 is 0.468 bits per heavy atom. The lowest BCUT2D eigenvalue weighted by Gasteiger charge is -2.29. The molecular formula is C68H123N2O6P. The molecule has 77 heavy (non-hydrogen) atoms. The van der Waals surface area contributed by atoms with E-state index < -0.39 is 26.6 Å². The molecule has 3 atom stereocenters. The van der Waals surface area contributed by atoms with E-state index in [1.807, 2.05) is 27.2 Å². The maximum Gasteiger partial charge on any atom is 0.268 e. The number of amides is 1. The fraction of sp³-hybridized carbons (Fsp3) is 0.750. The van der Waals surface area contributed by atoms with Gasteiger partial charge in [0.2, 0.25) is 5.91 Å². The molecule has 9 heteroatoms. The molecule has 0 aromatic carbocycles. The van der Waals surface area contributed by atoms with Crippen LogP contribution < -0.4 is 10.2 Å². The number of aliphatic hydroxyl groups excluding tert-OH is 1. The van der Waals surface area contributed by atoms with Crippen LogP contribution in [0, 0.1) is 0 Å². The highest BCUT2D eigenvalue weighted by atomic mass is 31.2. The first-order valence-electron chi connectivity index (χ1n) is 32.1. The van der Waals surface area contributed by atoms with Crippen molar-refractivity contribution in [3.63, 3.8) is 0 Å². The molecule has 0 aliphatic heterocycles. The predicted molar refractivity (Wildman–Crippen MR) is 334 cm³/mol. The van der Waals surface area contributed by atoms with Gasteiger partial charge in [-0.25, -0.2) is 0 Å². The minimum Gasteiger partial charge on any atom is -0.756 e. The smallest absolute Gasteiger partial charge is 0.268 e. The van der Waals surface area contributed by atoms with Gasteiger partial charge in [0.1, 0.15) is 13.2 Å². The second-order valence-corrected chi connectivity index (χ2v) is 24.1. The molecule has 3 unspecified atom stereocenters. The fourth-order valence-corrected chi connectivity index (χ4v) is 9.78. The molecule has 0 radical (unpaired) electrons. The van der Waals surface area contributed by atoms with Crippen LogP contribution in [0.1, 0.15) is 277 Å². The number of likely N-dealkylation sites (N-methyl/N-ethyl adjacent to an activating group) is 1. The monoisotopic (exact) mass is 1090 g/mol. The summed E-state index contributed by atoms with van der Waals surface area (Å²) in [4.78, 5) is 25.5.